The quantitative estimate of drug-likeness (QED) is 0.627. The molecule has 0 saturated heterocycles. The average Bonchev–Trinajstić information content (AvgIpc) is 2.78. The normalized spacial score (nSPS) is 10.7. The molecule has 0 bridgehead atoms. The molecule has 1 N–H and O–H groups in total. The summed E-state index contributed by atoms with van der Waals surface area (Å²) in [5.41, 5.74) is 0.700. The van der Waals surface area contributed by atoms with E-state index < -0.39 is 5.97 Å². The highest BCUT2D eigenvalue weighted by Gasteiger charge is 2.11. The Morgan fingerprint density at radius 3 is 2.56 bits per heavy atom. The highest BCUT2D eigenvalue weighted by molar-refractivity contribution is 5.97. The van der Waals surface area contributed by atoms with Crippen LogP contribution in [0.15, 0.2) is 34.7 Å². The van der Waals surface area contributed by atoms with E-state index in [-0.39, 0.29) is 12.2 Å². The minimum Gasteiger partial charge on any atom is -0.481 e. The number of carbonyl (C=O) groups excluding carboxylic acids is 1. The predicted molar refractivity (Wildman–Crippen MR) is 66.6 cm³/mol. The topological polar surface area (TPSA) is 67.5 Å². The molecule has 4 nitrogen and oxygen atoms in total. The summed E-state index contributed by atoms with van der Waals surface area (Å²) in [7, 11) is 0. The third kappa shape index (κ3) is 2.97. The molecule has 0 aliphatic carbocycles. The number of aliphatic carboxylic acids is 1. The lowest BCUT2D eigenvalue weighted by atomic mass is 10.1. The number of benzene rings is 1. The van der Waals surface area contributed by atoms with Crippen LogP contribution in [-0.2, 0) is 4.79 Å². The summed E-state index contributed by atoms with van der Waals surface area (Å²) in [6.07, 6.45) is 1.52. The third-order valence-electron chi connectivity index (χ3n) is 2.74. The number of unbranched alkanes of at least 4 members (excludes halogenated alkanes) is 1. The number of carboxylic acids is 1. The van der Waals surface area contributed by atoms with Crippen LogP contribution in [0.1, 0.15) is 36.2 Å². The van der Waals surface area contributed by atoms with Gasteiger partial charge in [-0.2, -0.15) is 0 Å². The number of para-hydroxylation sites is 1. The summed E-state index contributed by atoms with van der Waals surface area (Å²) in [6.45, 7) is 0. The van der Waals surface area contributed by atoms with E-state index in [2.05, 4.69) is 0 Å². The Balaban J connectivity index is 1.94. The van der Waals surface area contributed by atoms with Gasteiger partial charge < -0.3 is 9.52 Å². The number of hydrogen-bond acceptors (Lipinski definition) is 3. The number of carboxylic acid groups (broad SMARTS) is 1. The molecule has 0 fully saturated rings. The molecule has 0 unspecified atom stereocenters. The first kappa shape index (κ1) is 12.4. The summed E-state index contributed by atoms with van der Waals surface area (Å²) in [6, 6.07) is 9.18. The van der Waals surface area contributed by atoms with Crippen molar-refractivity contribution in [3.63, 3.8) is 0 Å². The molecule has 2 aromatic rings. The first-order valence-corrected chi connectivity index (χ1v) is 5.90. The van der Waals surface area contributed by atoms with Gasteiger partial charge in [0, 0.05) is 18.2 Å². The molecule has 1 aromatic carbocycles. The van der Waals surface area contributed by atoms with E-state index in [1.807, 2.05) is 24.3 Å². The largest absolute Gasteiger partial charge is 0.481 e. The van der Waals surface area contributed by atoms with Gasteiger partial charge in [0.2, 0.25) is 0 Å². The van der Waals surface area contributed by atoms with E-state index in [1.165, 1.54) is 0 Å². The molecule has 0 saturated carbocycles. The second-order valence-corrected chi connectivity index (χ2v) is 4.17. The number of carbonyl (C=O) groups is 2. The molecule has 0 aliphatic heterocycles. The van der Waals surface area contributed by atoms with Crippen LogP contribution in [0.25, 0.3) is 11.0 Å². The lowest BCUT2D eigenvalue weighted by Crippen LogP contribution is -1.99. The van der Waals surface area contributed by atoms with Crippen molar-refractivity contribution >= 4 is 22.7 Å². The van der Waals surface area contributed by atoms with E-state index in [4.69, 9.17) is 9.52 Å². The Kier molecular flexibility index (Phi) is 3.77. The van der Waals surface area contributed by atoms with Crippen molar-refractivity contribution in [1.82, 2.24) is 0 Å². The fourth-order valence-corrected chi connectivity index (χ4v) is 1.80. The summed E-state index contributed by atoms with van der Waals surface area (Å²) in [5.74, 6) is -0.547. The van der Waals surface area contributed by atoms with Crippen molar-refractivity contribution in [1.29, 1.82) is 0 Å². The first-order valence-electron chi connectivity index (χ1n) is 5.90. The summed E-state index contributed by atoms with van der Waals surface area (Å²) in [5, 5.41) is 9.40. The van der Waals surface area contributed by atoms with Crippen molar-refractivity contribution in [2.45, 2.75) is 25.7 Å². The maximum atomic E-state index is 11.8. The number of ketones is 1. The van der Waals surface area contributed by atoms with Crippen LogP contribution < -0.4 is 0 Å². The van der Waals surface area contributed by atoms with E-state index in [9.17, 15) is 9.59 Å². The van der Waals surface area contributed by atoms with Crippen molar-refractivity contribution in [3.05, 3.63) is 36.1 Å². The van der Waals surface area contributed by atoms with Crippen LogP contribution in [-0.4, -0.2) is 16.9 Å². The summed E-state index contributed by atoms with van der Waals surface area (Å²) in [4.78, 5) is 22.1. The van der Waals surface area contributed by atoms with E-state index in [0.717, 1.165) is 5.39 Å². The van der Waals surface area contributed by atoms with Gasteiger partial charge in [0.15, 0.2) is 11.5 Å². The van der Waals surface area contributed by atoms with Gasteiger partial charge in [-0.15, -0.1) is 0 Å². The lowest BCUT2D eigenvalue weighted by Gasteiger charge is -1.96. The first-order chi connectivity index (χ1) is 8.66. The molecular formula is C14H14O4. The Labute approximate surface area is 104 Å². The van der Waals surface area contributed by atoms with Crippen molar-refractivity contribution < 1.29 is 19.1 Å². The van der Waals surface area contributed by atoms with Gasteiger partial charge in [0.05, 0.1) is 0 Å². The second-order valence-electron chi connectivity index (χ2n) is 4.17. The number of furan rings is 1. The minimum absolute atomic E-state index is 0.0726. The van der Waals surface area contributed by atoms with E-state index in [0.29, 0.717) is 30.6 Å². The highest BCUT2D eigenvalue weighted by Crippen LogP contribution is 2.20. The van der Waals surface area contributed by atoms with Crippen LogP contribution in [0.5, 0.6) is 0 Å². The van der Waals surface area contributed by atoms with Gasteiger partial charge in [0.25, 0.3) is 0 Å². The summed E-state index contributed by atoms with van der Waals surface area (Å²) >= 11 is 0. The standard InChI is InChI=1S/C14H14O4/c15-11(6-2-4-8-14(16)17)13-9-10-5-1-3-7-12(10)18-13/h1,3,5,7,9H,2,4,6,8H2,(H,16,17). The Hall–Kier alpha value is -2.10. The minimum atomic E-state index is -0.828. The Bertz CT molecular complexity index is 535. The smallest absolute Gasteiger partial charge is 0.303 e. The maximum absolute atomic E-state index is 11.8. The third-order valence-corrected chi connectivity index (χ3v) is 2.74. The molecule has 2 rings (SSSR count). The van der Waals surface area contributed by atoms with Gasteiger partial charge in [0.1, 0.15) is 5.58 Å². The summed E-state index contributed by atoms with van der Waals surface area (Å²) < 4.78 is 5.44. The molecule has 1 heterocycles. The molecule has 0 spiro atoms. The van der Waals surface area contributed by atoms with Gasteiger partial charge in [-0.3, -0.25) is 9.59 Å². The average molecular weight is 246 g/mol. The molecule has 4 heteroatoms. The fraction of sp³-hybridized carbons (Fsp3) is 0.286. The molecule has 18 heavy (non-hydrogen) atoms. The van der Waals surface area contributed by atoms with E-state index in [1.54, 1.807) is 6.07 Å². The monoisotopic (exact) mass is 246 g/mol. The van der Waals surface area contributed by atoms with Crippen molar-refractivity contribution in [3.8, 4) is 0 Å². The molecule has 1 aromatic heterocycles. The molecule has 0 aliphatic rings. The van der Waals surface area contributed by atoms with Crippen LogP contribution >= 0.6 is 0 Å². The highest BCUT2D eigenvalue weighted by atomic mass is 16.4. The number of fused-ring (bicyclic) bond motifs is 1. The van der Waals surface area contributed by atoms with Crippen LogP contribution in [0, 0.1) is 0 Å². The zero-order valence-electron chi connectivity index (χ0n) is 9.89. The van der Waals surface area contributed by atoms with E-state index >= 15 is 0 Å². The van der Waals surface area contributed by atoms with Gasteiger partial charge in [-0.25, -0.2) is 0 Å². The molecule has 0 radical (unpaired) electrons. The van der Waals surface area contributed by atoms with Crippen molar-refractivity contribution in [2.75, 3.05) is 0 Å². The maximum Gasteiger partial charge on any atom is 0.303 e. The van der Waals surface area contributed by atoms with Crippen LogP contribution in [0.4, 0.5) is 0 Å². The Morgan fingerprint density at radius 2 is 1.83 bits per heavy atom. The predicted octanol–water partition coefficient (Wildman–Crippen LogP) is 3.26. The van der Waals surface area contributed by atoms with Gasteiger partial charge in [-0.05, 0) is 25.0 Å². The molecule has 0 atom stereocenters. The van der Waals surface area contributed by atoms with Gasteiger partial charge >= 0.3 is 5.97 Å². The zero-order valence-corrected chi connectivity index (χ0v) is 9.89. The zero-order chi connectivity index (χ0) is 13.0. The number of Topliss-reactive ketones (excluding diaryl/α,β-unsaturated/α-hetero) is 1. The number of hydrogen-bond donors (Lipinski definition) is 1. The second kappa shape index (κ2) is 5.49. The lowest BCUT2D eigenvalue weighted by molar-refractivity contribution is -0.137. The fourth-order valence-electron chi connectivity index (χ4n) is 1.80. The Morgan fingerprint density at radius 1 is 1.11 bits per heavy atom. The molecule has 94 valence electrons. The molecule has 0 amide bonds. The van der Waals surface area contributed by atoms with Crippen molar-refractivity contribution in [2.24, 2.45) is 0 Å². The SMILES string of the molecule is O=C(O)CCCCC(=O)c1cc2ccccc2o1. The molecular weight excluding hydrogens is 232 g/mol. The van der Waals surface area contributed by atoms with Crippen LogP contribution in [0.3, 0.4) is 0 Å². The number of rotatable bonds is 6. The van der Waals surface area contributed by atoms with Gasteiger partial charge in [-0.1, -0.05) is 18.2 Å². The van der Waals surface area contributed by atoms with Crippen LogP contribution in [0.2, 0.25) is 0 Å².